The van der Waals surface area contributed by atoms with Gasteiger partial charge < -0.3 is 36.3 Å². The second-order valence-electron chi connectivity index (χ2n) is 10.6. The molecule has 2 aromatic carbocycles. The van der Waals surface area contributed by atoms with E-state index < -0.39 is 42.1 Å². The number of carbonyl (C=O) groups is 4. The lowest BCUT2D eigenvalue weighted by atomic mass is 9.93. The molecular weight excluding hydrogens is 569 g/mol. The number of aliphatic hydroxyl groups excluding tert-OH is 1. The molecule has 13 heteroatoms. The fourth-order valence-electron chi connectivity index (χ4n) is 5.40. The topological polar surface area (TPSA) is 165 Å². The van der Waals surface area contributed by atoms with Crippen molar-refractivity contribution in [3.63, 3.8) is 0 Å². The smallest absolute Gasteiger partial charge is 0.430 e. The normalized spacial score (nSPS) is 22.5. The molecule has 2 aromatic rings. The van der Waals surface area contributed by atoms with E-state index in [1.165, 1.54) is 0 Å². The van der Waals surface area contributed by atoms with Crippen LogP contribution in [-0.4, -0.2) is 70.6 Å². The number of carbonyl (C=O) groups excluding carboxylic acids is 4. The van der Waals surface area contributed by atoms with Crippen LogP contribution < -0.4 is 21.5 Å². The first-order valence-corrected chi connectivity index (χ1v) is 14.1. The van der Waals surface area contributed by atoms with Crippen LogP contribution in [0.5, 0.6) is 0 Å². The number of amides is 3. The highest BCUT2D eigenvalue weighted by molar-refractivity contribution is 5.94. The van der Waals surface area contributed by atoms with E-state index in [1.807, 2.05) is 60.7 Å². The number of carboxylic acid groups (broad SMARTS) is 1. The molecule has 2 aliphatic rings. The van der Waals surface area contributed by atoms with Crippen LogP contribution in [0.1, 0.15) is 56.2 Å². The van der Waals surface area contributed by atoms with Crippen molar-refractivity contribution in [1.82, 2.24) is 15.5 Å². The minimum Gasteiger partial charge on any atom is -0.542 e. The van der Waals surface area contributed by atoms with E-state index in [1.54, 1.807) is 11.8 Å². The van der Waals surface area contributed by atoms with Crippen LogP contribution in [0.15, 0.2) is 60.7 Å². The summed E-state index contributed by atoms with van der Waals surface area (Å²) < 4.78 is 31.5. The molecule has 0 saturated carbocycles. The molecule has 3 amide bonds. The van der Waals surface area contributed by atoms with E-state index >= 15 is 0 Å². The molecule has 10 nitrogen and oxygen atoms in total. The number of alkyl halides is 3. The lowest BCUT2D eigenvalue weighted by Gasteiger charge is -2.33. The highest BCUT2D eigenvalue weighted by Crippen LogP contribution is 2.34. The summed E-state index contributed by atoms with van der Waals surface area (Å²) in [6, 6.07) is 16.8. The molecule has 0 bridgehead atoms. The lowest BCUT2D eigenvalue weighted by Crippen LogP contribution is -2.58. The molecule has 4 rings (SSSR count). The van der Waals surface area contributed by atoms with Gasteiger partial charge in [-0.1, -0.05) is 67.6 Å². The number of rotatable bonds is 8. The first-order chi connectivity index (χ1) is 20.4. The third-order valence-corrected chi connectivity index (χ3v) is 7.76. The number of nitrogens with zero attached hydrogens (tertiary/aromatic N) is 1. The summed E-state index contributed by atoms with van der Waals surface area (Å²) in [5.41, 5.74) is 7.79. The molecule has 0 spiro atoms. The largest absolute Gasteiger partial charge is 0.542 e. The minimum absolute atomic E-state index is 0.101. The van der Waals surface area contributed by atoms with Crippen LogP contribution in [0.3, 0.4) is 0 Å². The Hall–Kier alpha value is -3.97. The SMILES string of the molecule is CC[C@H](N)C(=O)N[C@@H]1C(=O)N2[C@@H](CC[C@@H]1CO)CC[C@H]2C(=O)NC(c1ccccc1)c1ccccc1.O=C([O-])C(F)(F)F. The number of aliphatic hydroxyl groups is 1. The Bertz CT molecular complexity index is 1210. The summed E-state index contributed by atoms with van der Waals surface area (Å²) in [6.45, 7) is 1.58. The fourth-order valence-corrected chi connectivity index (χ4v) is 5.40. The number of fused-ring (bicyclic) bond motifs is 1. The van der Waals surface area contributed by atoms with Gasteiger partial charge in [0, 0.05) is 18.6 Å². The standard InChI is InChI=1S/C28H36N4O4.C2HF3O2/c1-2-22(29)26(34)31-25-20(17-33)13-14-21-15-16-23(32(21)28(25)36)27(35)30-24(18-9-5-3-6-10-18)19-11-7-4-8-12-19;3-2(4,5)1(6)7/h3-12,20-25,33H,2,13-17,29H2,1H3,(H,30,35)(H,31,34);(H,6,7)/p-1/t20-,21+,22+,23+,25+;/m1./s1. The molecule has 0 unspecified atom stereocenters. The summed E-state index contributed by atoms with van der Waals surface area (Å²) in [5, 5.41) is 24.7. The van der Waals surface area contributed by atoms with Crippen LogP contribution >= 0.6 is 0 Å². The van der Waals surface area contributed by atoms with E-state index in [-0.39, 0.29) is 30.5 Å². The fraction of sp³-hybridized carbons (Fsp3) is 0.467. The third-order valence-electron chi connectivity index (χ3n) is 7.76. The Morgan fingerprint density at radius 1 is 1.00 bits per heavy atom. The second-order valence-corrected chi connectivity index (χ2v) is 10.6. The van der Waals surface area contributed by atoms with Gasteiger partial charge in [-0.05, 0) is 43.2 Å². The zero-order chi connectivity index (χ0) is 31.7. The van der Waals surface area contributed by atoms with E-state index in [2.05, 4.69) is 10.6 Å². The van der Waals surface area contributed by atoms with E-state index in [0.29, 0.717) is 32.1 Å². The molecule has 0 aliphatic carbocycles. The Labute approximate surface area is 247 Å². The number of nitrogens with one attached hydrogen (secondary N) is 2. The molecule has 2 aliphatic heterocycles. The first-order valence-electron chi connectivity index (χ1n) is 14.1. The van der Waals surface area contributed by atoms with Gasteiger partial charge in [-0.25, -0.2) is 0 Å². The van der Waals surface area contributed by atoms with Crippen LogP contribution in [-0.2, 0) is 19.2 Å². The molecule has 43 heavy (non-hydrogen) atoms. The van der Waals surface area contributed by atoms with Gasteiger partial charge in [-0.15, -0.1) is 0 Å². The maximum absolute atomic E-state index is 13.8. The first kappa shape index (κ1) is 33.5. The highest BCUT2D eigenvalue weighted by atomic mass is 19.4. The van der Waals surface area contributed by atoms with Crippen molar-refractivity contribution in [2.75, 3.05) is 6.61 Å². The van der Waals surface area contributed by atoms with Crippen LogP contribution in [0, 0.1) is 5.92 Å². The molecule has 0 aromatic heterocycles. The molecule has 234 valence electrons. The van der Waals surface area contributed by atoms with Crippen molar-refractivity contribution in [1.29, 1.82) is 0 Å². The van der Waals surface area contributed by atoms with Crippen LogP contribution in [0.2, 0.25) is 0 Å². The van der Waals surface area contributed by atoms with Gasteiger partial charge in [-0.2, -0.15) is 13.2 Å². The predicted octanol–water partition coefficient (Wildman–Crippen LogP) is 1.17. The number of halogens is 3. The zero-order valence-corrected chi connectivity index (χ0v) is 23.6. The number of benzene rings is 2. The van der Waals surface area contributed by atoms with Gasteiger partial charge in [0.25, 0.3) is 0 Å². The average molecular weight is 606 g/mol. The van der Waals surface area contributed by atoms with E-state index in [0.717, 1.165) is 11.1 Å². The highest BCUT2D eigenvalue weighted by Gasteiger charge is 2.47. The van der Waals surface area contributed by atoms with Gasteiger partial charge in [0.15, 0.2) is 0 Å². The minimum atomic E-state index is -5.19. The van der Waals surface area contributed by atoms with Crippen molar-refractivity contribution in [2.24, 2.45) is 11.7 Å². The Balaban J connectivity index is 0.000000646. The summed E-state index contributed by atoms with van der Waals surface area (Å²) in [4.78, 5) is 50.4. The van der Waals surface area contributed by atoms with Gasteiger partial charge in [0.05, 0.1) is 12.1 Å². The maximum Gasteiger partial charge on any atom is 0.430 e. The van der Waals surface area contributed by atoms with Crippen molar-refractivity contribution >= 4 is 23.7 Å². The second kappa shape index (κ2) is 15.0. The monoisotopic (exact) mass is 605 g/mol. The van der Waals surface area contributed by atoms with Crippen molar-refractivity contribution in [3.05, 3.63) is 71.8 Å². The third kappa shape index (κ3) is 8.54. The molecule has 0 radical (unpaired) electrons. The summed E-state index contributed by atoms with van der Waals surface area (Å²) >= 11 is 0. The number of nitrogens with two attached hydrogens (primary N) is 1. The predicted molar refractivity (Wildman–Crippen MR) is 148 cm³/mol. The number of hydrogen-bond donors (Lipinski definition) is 4. The quantitative estimate of drug-likeness (QED) is 0.351. The lowest BCUT2D eigenvalue weighted by molar-refractivity contribution is -0.344. The molecule has 2 fully saturated rings. The van der Waals surface area contributed by atoms with Gasteiger partial charge in [-0.3, -0.25) is 14.4 Å². The van der Waals surface area contributed by atoms with Gasteiger partial charge in [0.1, 0.15) is 18.1 Å². The number of carboxylic acids is 1. The Morgan fingerprint density at radius 3 is 1.98 bits per heavy atom. The Morgan fingerprint density at radius 2 is 1.51 bits per heavy atom. The van der Waals surface area contributed by atoms with Crippen LogP contribution in [0.4, 0.5) is 13.2 Å². The zero-order valence-electron chi connectivity index (χ0n) is 23.6. The van der Waals surface area contributed by atoms with E-state index in [4.69, 9.17) is 15.6 Å². The van der Waals surface area contributed by atoms with E-state index in [9.17, 15) is 32.7 Å². The number of hydrogen-bond acceptors (Lipinski definition) is 7. The number of aliphatic carboxylic acids is 1. The van der Waals surface area contributed by atoms with Crippen LogP contribution in [0.25, 0.3) is 0 Å². The average Bonchev–Trinajstić information content (AvgIpc) is 3.38. The van der Waals surface area contributed by atoms with Crippen molar-refractivity contribution in [2.45, 2.75) is 75.4 Å². The molecule has 2 saturated heterocycles. The summed E-state index contributed by atoms with van der Waals surface area (Å²) in [5.74, 6) is -4.38. The van der Waals surface area contributed by atoms with Gasteiger partial charge in [0.2, 0.25) is 17.7 Å². The Kier molecular flexibility index (Phi) is 11.7. The molecular formula is C30H36F3N4O6-. The summed E-state index contributed by atoms with van der Waals surface area (Å²) in [7, 11) is 0. The maximum atomic E-state index is 13.8. The molecule has 2 heterocycles. The van der Waals surface area contributed by atoms with Crippen molar-refractivity contribution < 1.29 is 42.6 Å². The molecule has 5 atom stereocenters. The summed E-state index contributed by atoms with van der Waals surface area (Å²) in [6.07, 6.45) is -2.24. The molecule has 5 N–H and O–H groups in total. The van der Waals surface area contributed by atoms with Crippen molar-refractivity contribution in [3.8, 4) is 0 Å². The van der Waals surface area contributed by atoms with Gasteiger partial charge >= 0.3 is 6.18 Å².